The number of carbonyl (C=O) groups excluding carboxylic acids is 1. The predicted molar refractivity (Wildman–Crippen MR) is 98.9 cm³/mol. The van der Waals surface area contributed by atoms with Crippen LogP contribution in [0.3, 0.4) is 0 Å². The lowest BCUT2D eigenvalue weighted by molar-refractivity contribution is 0.0527. The maximum absolute atomic E-state index is 13.4. The predicted octanol–water partition coefficient (Wildman–Crippen LogP) is 4.96. The minimum atomic E-state index is -0.524. The molecule has 134 valence electrons. The van der Waals surface area contributed by atoms with Gasteiger partial charge in [0.05, 0.1) is 24.4 Å². The van der Waals surface area contributed by atoms with Gasteiger partial charge in [-0.05, 0) is 31.2 Å². The molecule has 1 heterocycles. The van der Waals surface area contributed by atoms with E-state index in [0.717, 1.165) is 0 Å². The fourth-order valence-corrected chi connectivity index (χ4v) is 2.76. The zero-order valence-corrected chi connectivity index (χ0v) is 14.9. The standard InChI is InChI=1S/C19H16ClFN2O3/c1-3-26-19(24)13-10-22-18-12(5-4-6-16(18)25-2)17(13)23-11-7-8-15(21)14(20)9-11/h4-10H,3H2,1-2H3,(H,22,23). The lowest BCUT2D eigenvalue weighted by atomic mass is 10.1. The number of para-hydroxylation sites is 1. The Balaban J connectivity index is 2.19. The first-order valence-electron chi connectivity index (χ1n) is 7.90. The third-order valence-corrected chi connectivity index (χ3v) is 4.05. The molecule has 0 atom stereocenters. The highest BCUT2D eigenvalue weighted by Crippen LogP contribution is 2.34. The number of halogens is 2. The zero-order valence-electron chi connectivity index (χ0n) is 14.2. The van der Waals surface area contributed by atoms with Crippen LogP contribution in [0.2, 0.25) is 5.02 Å². The van der Waals surface area contributed by atoms with Gasteiger partial charge >= 0.3 is 5.97 Å². The molecular weight excluding hydrogens is 359 g/mol. The molecule has 0 bridgehead atoms. The number of esters is 1. The third kappa shape index (κ3) is 3.41. The van der Waals surface area contributed by atoms with Gasteiger partial charge in [-0.3, -0.25) is 4.98 Å². The van der Waals surface area contributed by atoms with Gasteiger partial charge in [-0.25, -0.2) is 9.18 Å². The largest absolute Gasteiger partial charge is 0.494 e. The van der Waals surface area contributed by atoms with E-state index in [4.69, 9.17) is 21.1 Å². The van der Waals surface area contributed by atoms with Crippen molar-refractivity contribution in [2.45, 2.75) is 6.92 Å². The molecule has 0 aliphatic heterocycles. The van der Waals surface area contributed by atoms with Gasteiger partial charge in [0.25, 0.3) is 0 Å². The average Bonchev–Trinajstić information content (AvgIpc) is 2.64. The Morgan fingerprint density at radius 1 is 1.31 bits per heavy atom. The summed E-state index contributed by atoms with van der Waals surface area (Å²) in [6.07, 6.45) is 1.43. The molecule has 0 fully saturated rings. The SMILES string of the molecule is CCOC(=O)c1cnc2c(OC)cccc2c1Nc1ccc(F)c(Cl)c1. The highest BCUT2D eigenvalue weighted by molar-refractivity contribution is 6.31. The Labute approximate surface area is 154 Å². The Morgan fingerprint density at radius 2 is 2.12 bits per heavy atom. The van der Waals surface area contributed by atoms with E-state index in [2.05, 4.69) is 10.3 Å². The molecule has 1 N–H and O–H groups in total. The first kappa shape index (κ1) is 17.9. The fraction of sp³-hybridized carbons (Fsp3) is 0.158. The molecule has 3 rings (SSSR count). The van der Waals surface area contributed by atoms with Gasteiger partial charge in [-0.1, -0.05) is 23.7 Å². The van der Waals surface area contributed by atoms with Gasteiger partial charge in [0.2, 0.25) is 0 Å². The van der Waals surface area contributed by atoms with Crippen LogP contribution in [0.25, 0.3) is 10.9 Å². The van der Waals surface area contributed by atoms with E-state index >= 15 is 0 Å². The number of anilines is 2. The summed E-state index contributed by atoms with van der Waals surface area (Å²) in [5.74, 6) is -0.470. The van der Waals surface area contributed by atoms with Gasteiger partial charge in [-0.15, -0.1) is 0 Å². The van der Waals surface area contributed by atoms with Crippen LogP contribution in [0.15, 0.2) is 42.6 Å². The first-order valence-corrected chi connectivity index (χ1v) is 8.27. The summed E-state index contributed by atoms with van der Waals surface area (Å²) in [6, 6.07) is 9.60. The highest BCUT2D eigenvalue weighted by Gasteiger charge is 2.18. The van der Waals surface area contributed by atoms with Gasteiger partial charge < -0.3 is 14.8 Å². The molecule has 5 nitrogen and oxygen atoms in total. The maximum Gasteiger partial charge on any atom is 0.341 e. The van der Waals surface area contributed by atoms with Crippen LogP contribution in [0, 0.1) is 5.82 Å². The number of hydrogen-bond donors (Lipinski definition) is 1. The van der Waals surface area contributed by atoms with Crippen molar-refractivity contribution in [2.24, 2.45) is 0 Å². The van der Waals surface area contributed by atoms with Crippen LogP contribution >= 0.6 is 11.6 Å². The topological polar surface area (TPSA) is 60.5 Å². The number of benzene rings is 2. The van der Waals surface area contributed by atoms with Crippen molar-refractivity contribution < 1.29 is 18.7 Å². The Kier molecular flexibility index (Phi) is 5.23. The van der Waals surface area contributed by atoms with Crippen molar-refractivity contribution in [3.05, 3.63) is 59.0 Å². The number of rotatable bonds is 5. The maximum atomic E-state index is 13.4. The molecule has 0 aliphatic rings. The van der Waals surface area contributed by atoms with Crippen LogP contribution in [0.4, 0.5) is 15.8 Å². The molecule has 1 aromatic heterocycles. The summed E-state index contributed by atoms with van der Waals surface area (Å²) >= 11 is 5.86. The molecule has 0 saturated carbocycles. The van der Waals surface area contributed by atoms with Crippen molar-refractivity contribution in [1.29, 1.82) is 0 Å². The van der Waals surface area contributed by atoms with Crippen LogP contribution in [0.5, 0.6) is 5.75 Å². The van der Waals surface area contributed by atoms with E-state index in [1.165, 1.54) is 24.4 Å². The molecule has 2 aromatic carbocycles. The Hall–Kier alpha value is -2.86. The van der Waals surface area contributed by atoms with Crippen LogP contribution < -0.4 is 10.1 Å². The molecule has 0 unspecified atom stereocenters. The molecule has 7 heteroatoms. The van der Waals surface area contributed by atoms with E-state index < -0.39 is 11.8 Å². The summed E-state index contributed by atoms with van der Waals surface area (Å²) in [5.41, 5.74) is 1.85. The van der Waals surface area contributed by atoms with E-state index in [0.29, 0.717) is 28.0 Å². The fourth-order valence-electron chi connectivity index (χ4n) is 2.58. The molecule has 26 heavy (non-hydrogen) atoms. The first-order chi connectivity index (χ1) is 12.5. The lowest BCUT2D eigenvalue weighted by Crippen LogP contribution is -2.09. The zero-order chi connectivity index (χ0) is 18.7. The van der Waals surface area contributed by atoms with Crippen LogP contribution in [0.1, 0.15) is 17.3 Å². The number of hydrogen-bond acceptors (Lipinski definition) is 5. The number of pyridine rings is 1. The third-order valence-electron chi connectivity index (χ3n) is 3.76. The second-order valence-corrected chi connectivity index (χ2v) is 5.78. The van der Waals surface area contributed by atoms with Crippen molar-refractivity contribution in [3.63, 3.8) is 0 Å². The summed E-state index contributed by atoms with van der Waals surface area (Å²) in [7, 11) is 1.54. The van der Waals surface area contributed by atoms with Crippen LogP contribution in [-0.2, 0) is 4.74 Å². The molecule has 3 aromatic rings. The van der Waals surface area contributed by atoms with Gasteiger partial charge in [-0.2, -0.15) is 0 Å². The van der Waals surface area contributed by atoms with Gasteiger partial charge in [0, 0.05) is 17.3 Å². The van der Waals surface area contributed by atoms with Crippen molar-refractivity contribution in [3.8, 4) is 5.75 Å². The summed E-state index contributed by atoms with van der Waals surface area (Å²) in [4.78, 5) is 16.7. The van der Waals surface area contributed by atoms with Crippen molar-refractivity contribution in [2.75, 3.05) is 19.0 Å². The molecule has 0 amide bonds. The smallest absolute Gasteiger partial charge is 0.341 e. The summed E-state index contributed by atoms with van der Waals surface area (Å²) < 4.78 is 23.9. The monoisotopic (exact) mass is 374 g/mol. The summed E-state index contributed by atoms with van der Waals surface area (Å²) in [5, 5.41) is 3.76. The number of fused-ring (bicyclic) bond motifs is 1. The van der Waals surface area contributed by atoms with E-state index in [9.17, 15) is 9.18 Å². The Morgan fingerprint density at radius 3 is 2.81 bits per heavy atom. The van der Waals surface area contributed by atoms with E-state index in [1.54, 1.807) is 32.2 Å². The van der Waals surface area contributed by atoms with E-state index in [1.807, 2.05) is 0 Å². The molecule has 0 radical (unpaired) electrons. The Bertz CT molecular complexity index is 978. The molecule has 0 aliphatic carbocycles. The van der Waals surface area contributed by atoms with Gasteiger partial charge in [0.1, 0.15) is 22.6 Å². The lowest BCUT2D eigenvalue weighted by Gasteiger charge is -2.15. The van der Waals surface area contributed by atoms with Crippen LogP contribution in [-0.4, -0.2) is 24.7 Å². The minimum absolute atomic E-state index is 0.0244. The number of ether oxygens (including phenoxy) is 2. The normalized spacial score (nSPS) is 10.6. The second-order valence-electron chi connectivity index (χ2n) is 5.38. The van der Waals surface area contributed by atoms with Gasteiger partial charge in [0.15, 0.2) is 0 Å². The molecule has 0 spiro atoms. The second kappa shape index (κ2) is 7.58. The number of aromatic nitrogens is 1. The summed E-state index contributed by atoms with van der Waals surface area (Å²) in [6.45, 7) is 1.96. The number of nitrogens with one attached hydrogen (secondary N) is 1. The van der Waals surface area contributed by atoms with Crippen molar-refractivity contribution in [1.82, 2.24) is 4.98 Å². The number of nitrogens with zero attached hydrogens (tertiary/aromatic N) is 1. The number of carbonyl (C=O) groups is 1. The highest BCUT2D eigenvalue weighted by atomic mass is 35.5. The minimum Gasteiger partial charge on any atom is -0.494 e. The molecular formula is C19H16ClFN2O3. The quantitative estimate of drug-likeness (QED) is 0.640. The average molecular weight is 375 g/mol. The van der Waals surface area contributed by atoms with E-state index in [-0.39, 0.29) is 17.2 Å². The molecule has 0 saturated heterocycles. The van der Waals surface area contributed by atoms with Crippen molar-refractivity contribution >= 4 is 39.8 Å². The number of methoxy groups -OCH3 is 1.